The standard InChI is InChI=1S/C15H24N4O2.2ClH/c1-11(2)13(15(21)19(4)10-9-16-3)18-14(20)12-7-5-6-8-17-12;;/h5-8,11,13,16H,9-10H2,1-4H3,(H,18,20);2*1H. The molecule has 0 saturated heterocycles. The van der Waals surface area contributed by atoms with Gasteiger partial charge in [-0.05, 0) is 25.1 Å². The fourth-order valence-corrected chi connectivity index (χ4v) is 1.85. The number of nitrogens with one attached hydrogen (secondary N) is 2. The predicted octanol–water partition coefficient (Wildman–Crippen LogP) is 1.36. The Morgan fingerprint density at radius 1 is 1.26 bits per heavy atom. The van der Waals surface area contributed by atoms with Gasteiger partial charge in [-0.15, -0.1) is 24.8 Å². The van der Waals surface area contributed by atoms with Crippen molar-refractivity contribution in [3.63, 3.8) is 0 Å². The largest absolute Gasteiger partial charge is 0.343 e. The van der Waals surface area contributed by atoms with Gasteiger partial charge in [0.05, 0.1) is 0 Å². The minimum atomic E-state index is -0.554. The molecule has 0 bridgehead atoms. The number of likely N-dealkylation sites (N-methyl/N-ethyl adjacent to an activating group) is 2. The summed E-state index contributed by atoms with van der Waals surface area (Å²) in [6.45, 7) is 5.12. The molecule has 0 saturated carbocycles. The van der Waals surface area contributed by atoms with Crippen molar-refractivity contribution in [3.8, 4) is 0 Å². The number of carbonyl (C=O) groups is 2. The molecule has 2 N–H and O–H groups in total. The first-order valence-electron chi connectivity index (χ1n) is 7.08. The average molecular weight is 365 g/mol. The summed E-state index contributed by atoms with van der Waals surface area (Å²) in [5.41, 5.74) is 0.314. The summed E-state index contributed by atoms with van der Waals surface area (Å²) in [4.78, 5) is 30.2. The third-order valence-electron chi connectivity index (χ3n) is 3.19. The maximum absolute atomic E-state index is 12.4. The summed E-state index contributed by atoms with van der Waals surface area (Å²) in [5.74, 6) is -0.420. The number of halogens is 2. The van der Waals surface area contributed by atoms with Gasteiger partial charge in [0.2, 0.25) is 5.91 Å². The first kappa shape index (κ1) is 23.9. The first-order valence-corrected chi connectivity index (χ1v) is 7.08. The topological polar surface area (TPSA) is 74.3 Å². The van der Waals surface area contributed by atoms with Crippen molar-refractivity contribution in [2.75, 3.05) is 27.2 Å². The molecule has 1 heterocycles. The van der Waals surface area contributed by atoms with Crippen LogP contribution in [0.3, 0.4) is 0 Å². The van der Waals surface area contributed by atoms with E-state index in [1.54, 1.807) is 36.3 Å². The van der Waals surface area contributed by atoms with Crippen LogP contribution in [0.25, 0.3) is 0 Å². The van der Waals surface area contributed by atoms with Crippen LogP contribution in [0.2, 0.25) is 0 Å². The van der Waals surface area contributed by atoms with Crippen LogP contribution in [0.1, 0.15) is 24.3 Å². The molecular weight excluding hydrogens is 339 g/mol. The van der Waals surface area contributed by atoms with Crippen molar-refractivity contribution in [1.82, 2.24) is 20.5 Å². The van der Waals surface area contributed by atoms with Gasteiger partial charge >= 0.3 is 0 Å². The number of amides is 2. The minimum Gasteiger partial charge on any atom is -0.343 e. The van der Waals surface area contributed by atoms with E-state index in [2.05, 4.69) is 15.6 Å². The Kier molecular flexibility index (Phi) is 12.6. The Balaban J connectivity index is 0. The molecule has 132 valence electrons. The average Bonchev–Trinajstić information content (AvgIpc) is 2.49. The van der Waals surface area contributed by atoms with Gasteiger partial charge in [0, 0.05) is 26.3 Å². The molecule has 0 aliphatic carbocycles. The van der Waals surface area contributed by atoms with E-state index in [4.69, 9.17) is 0 Å². The van der Waals surface area contributed by atoms with E-state index in [0.717, 1.165) is 0 Å². The Bertz CT molecular complexity index is 472. The maximum atomic E-state index is 12.4. The highest BCUT2D eigenvalue weighted by Crippen LogP contribution is 2.07. The number of hydrogen-bond donors (Lipinski definition) is 2. The van der Waals surface area contributed by atoms with Crippen LogP contribution in [-0.2, 0) is 4.79 Å². The van der Waals surface area contributed by atoms with Crippen molar-refractivity contribution in [3.05, 3.63) is 30.1 Å². The molecule has 0 spiro atoms. The van der Waals surface area contributed by atoms with Gasteiger partial charge in [-0.2, -0.15) is 0 Å². The lowest BCUT2D eigenvalue weighted by Gasteiger charge is -2.27. The van der Waals surface area contributed by atoms with Gasteiger partial charge in [0.25, 0.3) is 5.91 Å². The van der Waals surface area contributed by atoms with Gasteiger partial charge in [0.1, 0.15) is 11.7 Å². The molecule has 0 aliphatic rings. The molecule has 0 aliphatic heterocycles. The summed E-state index contributed by atoms with van der Waals surface area (Å²) < 4.78 is 0. The molecule has 6 nitrogen and oxygen atoms in total. The number of nitrogens with zero attached hydrogens (tertiary/aromatic N) is 2. The van der Waals surface area contributed by atoms with Crippen molar-refractivity contribution in [2.24, 2.45) is 5.92 Å². The smallest absolute Gasteiger partial charge is 0.270 e. The second kappa shape index (κ2) is 12.1. The zero-order chi connectivity index (χ0) is 15.8. The third kappa shape index (κ3) is 7.63. The highest BCUT2D eigenvalue weighted by molar-refractivity contribution is 5.96. The number of rotatable bonds is 7. The summed E-state index contributed by atoms with van der Waals surface area (Å²) in [5, 5.41) is 5.77. The van der Waals surface area contributed by atoms with Crippen LogP contribution in [0, 0.1) is 5.92 Å². The van der Waals surface area contributed by atoms with E-state index < -0.39 is 6.04 Å². The Hall–Kier alpha value is -1.37. The first-order chi connectivity index (χ1) is 9.97. The SMILES string of the molecule is CNCCN(C)C(=O)C(NC(=O)c1ccccn1)C(C)C.Cl.Cl. The highest BCUT2D eigenvalue weighted by Gasteiger charge is 2.27. The van der Waals surface area contributed by atoms with Crippen LogP contribution >= 0.6 is 24.8 Å². The third-order valence-corrected chi connectivity index (χ3v) is 3.19. The van der Waals surface area contributed by atoms with E-state index >= 15 is 0 Å². The van der Waals surface area contributed by atoms with Crippen LogP contribution in [0.4, 0.5) is 0 Å². The molecule has 1 unspecified atom stereocenters. The Labute approximate surface area is 150 Å². The molecular formula is C15H26Cl2N4O2. The molecule has 1 aromatic heterocycles. The van der Waals surface area contributed by atoms with Crippen LogP contribution in [0.5, 0.6) is 0 Å². The summed E-state index contributed by atoms with van der Waals surface area (Å²) >= 11 is 0. The molecule has 1 rings (SSSR count). The van der Waals surface area contributed by atoms with E-state index in [-0.39, 0.29) is 42.5 Å². The normalized spacial score (nSPS) is 11.0. The number of aromatic nitrogens is 1. The lowest BCUT2D eigenvalue weighted by molar-refractivity contribution is -0.132. The van der Waals surface area contributed by atoms with E-state index in [1.807, 2.05) is 20.9 Å². The number of pyridine rings is 1. The predicted molar refractivity (Wildman–Crippen MR) is 96.4 cm³/mol. The minimum absolute atomic E-state index is 0. The zero-order valence-electron chi connectivity index (χ0n) is 13.9. The maximum Gasteiger partial charge on any atom is 0.270 e. The van der Waals surface area contributed by atoms with Crippen molar-refractivity contribution in [1.29, 1.82) is 0 Å². The van der Waals surface area contributed by atoms with Crippen molar-refractivity contribution >= 4 is 36.6 Å². The molecule has 1 aromatic rings. The van der Waals surface area contributed by atoms with E-state index in [1.165, 1.54) is 0 Å². The molecule has 0 aromatic carbocycles. The van der Waals surface area contributed by atoms with Crippen LogP contribution < -0.4 is 10.6 Å². The lowest BCUT2D eigenvalue weighted by Crippen LogP contribution is -2.51. The zero-order valence-corrected chi connectivity index (χ0v) is 15.5. The van der Waals surface area contributed by atoms with Gasteiger partial charge in [-0.1, -0.05) is 19.9 Å². The lowest BCUT2D eigenvalue weighted by atomic mass is 10.0. The quantitative estimate of drug-likeness (QED) is 0.765. The second-order valence-electron chi connectivity index (χ2n) is 5.27. The Morgan fingerprint density at radius 3 is 2.39 bits per heavy atom. The van der Waals surface area contributed by atoms with Gasteiger partial charge in [-0.25, -0.2) is 0 Å². The van der Waals surface area contributed by atoms with E-state index in [9.17, 15) is 9.59 Å². The Morgan fingerprint density at radius 2 is 1.91 bits per heavy atom. The van der Waals surface area contributed by atoms with Crippen molar-refractivity contribution in [2.45, 2.75) is 19.9 Å². The molecule has 1 atom stereocenters. The fourth-order valence-electron chi connectivity index (χ4n) is 1.85. The summed E-state index contributed by atoms with van der Waals surface area (Å²) in [7, 11) is 3.57. The van der Waals surface area contributed by atoms with Gasteiger partial charge in [0.15, 0.2) is 0 Å². The fraction of sp³-hybridized carbons (Fsp3) is 0.533. The molecule has 2 amide bonds. The van der Waals surface area contributed by atoms with Gasteiger partial charge < -0.3 is 15.5 Å². The van der Waals surface area contributed by atoms with E-state index in [0.29, 0.717) is 18.8 Å². The second-order valence-corrected chi connectivity index (χ2v) is 5.27. The highest BCUT2D eigenvalue weighted by atomic mass is 35.5. The van der Waals surface area contributed by atoms with Crippen LogP contribution in [0.15, 0.2) is 24.4 Å². The summed E-state index contributed by atoms with van der Waals surface area (Å²) in [6.07, 6.45) is 1.56. The molecule has 8 heteroatoms. The molecule has 0 fully saturated rings. The molecule has 23 heavy (non-hydrogen) atoms. The van der Waals surface area contributed by atoms with Crippen molar-refractivity contribution < 1.29 is 9.59 Å². The number of hydrogen-bond acceptors (Lipinski definition) is 4. The molecule has 0 radical (unpaired) electrons. The summed E-state index contributed by atoms with van der Waals surface area (Å²) in [6, 6.07) is 4.56. The monoisotopic (exact) mass is 364 g/mol. The number of carbonyl (C=O) groups excluding carboxylic acids is 2. The van der Waals surface area contributed by atoms with Crippen LogP contribution in [-0.4, -0.2) is 54.9 Å². The van der Waals surface area contributed by atoms with Gasteiger partial charge in [-0.3, -0.25) is 14.6 Å².